The third kappa shape index (κ3) is 12.5. The molecule has 0 unspecified atom stereocenters. The second-order valence-corrected chi connectivity index (χ2v) is 30.7. The Bertz CT molecular complexity index is 1850. The van der Waals surface area contributed by atoms with Gasteiger partial charge in [-0.25, -0.2) is 9.59 Å². The predicted octanol–water partition coefficient (Wildman–Crippen LogP) is 2.99. The SMILES string of the molecule is CC(C)CCC[C@@H](C)[C@H]1CC[C@H]2[C@@H]3CC=C4C[C@@H](OC(=O)NC[C@H]5O[C@H](O[C@H]6[C@H](O)[C@@H](O[C@H]7O[C@H](CO)[C@@H](O)[C@H](NC(=O)OCC[Si](C)(C)C)[C@H]7O)[C@H](N)C[C@@H]6N)[C@H](O)[C@@H](O)[C@@H]5O)CC[C@]4(C)[C@H]3CC[C@]12C. The smallest absolute Gasteiger partial charge is 0.407 e. The molecule has 23 atom stereocenters. The number of aliphatic hydroxyl groups is 7. The number of amides is 2. The molecule has 0 aromatic rings. The molecule has 72 heavy (non-hydrogen) atoms. The summed E-state index contributed by atoms with van der Waals surface area (Å²) >= 11 is 0. The minimum absolute atomic E-state index is 0.0197. The molecule has 13 N–H and O–H groups in total. The van der Waals surface area contributed by atoms with Crippen LogP contribution in [0.4, 0.5) is 9.59 Å². The second-order valence-electron chi connectivity index (χ2n) is 25.0. The minimum atomic E-state index is -1.82. The molecule has 4 saturated carbocycles. The van der Waals surface area contributed by atoms with Crippen molar-refractivity contribution in [1.29, 1.82) is 0 Å². The molecule has 5 aliphatic carbocycles. The molecule has 0 aromatic carbocycles. The van der Waals surface area contributed by atoms with E-state index in [0.29, 0.717) is 29.7 Å². The van der Waals surface area contributed by atoms with Crippen LogP contribution in [0.1, 0.15) is 112 Å². The lowest BCUT2D eigenvalue weighted by Gasteiger charge is -2.58. The number of aliphatic hydroxyl groups excluding tert-OH is 7. The van der Waals surface area contributed by atoms with Crippen molar-refractivity contribution in [1.82, 2.24) is 10.6 Å². The number of alkyl carbamates (subject to hydrolysis) is 2. The number of carbonyl (C=O) groups excluding carboxylic acids is 2. The van der Waals surface area contributed by atoms with Crippen molar-refractivity contribution < 1.29 is 73.8 Å². The fourth-order valence-electron chi connectivity index (χ4n) is 14.3. The first-order valence-electron chi connectivity index (χ1n) is 27.3. The van der Waals surface area contributed by atoms with E-state index in [0.717, 1.165) is 42.9 Å². The highest BCUT2D eigenvalue weighted by atomic mass is 28.3. The molecule has 19 nitrogen and oxygen atoms in total. The van der Waals surface area contributed by atoms with Crippen molar-refractivity contribution in [3.05, 3.63) is 11.6 Å². The molecular weight excluding hydrogens is 949 g/mol. The van der Waals surface area contributed by atoms with Crippen LogP contribution in [0, 0.1) is 46.3 Å². The number of nitrogens with one attached hydrogen (secondary N) is 2. The van der Waals surface area contributed by atoms with Crippen molar-refractivity contribution in [2.24, 2.45) is 57.8 Å². The van der Waals surface area contributed by atoms with Crippen LogP contribution < -0.4 is 22.1 Å². The normalized spacial score (nSPS) is 44.7. The van der Waals surface area contributed by atoms with Gasteiger partial charge in [0.05, 0.1) is 19.3 Å². The van der Waals surface area contributed by atoms with Crippen molar-refractivity contribution in [2.45, 2.75) is 235 Å². The number of hydrogen-bond donors (Lipinski definition) is 11. The molecule has 0 aromatic heterocycles. The number of nitrogens with two attached hydrogens (primary N) is 2. The van der Waals surface area contributed by atoms with Gasteiger partial charge in [0.25, 0.3) is 0 Å². The Hall–Kier alpha value is -2.02. The highest BCUT2D eigenvalue weighted by Crippen LogP contribution is 2.67. The van der Waals surface area contributed by atoms with Gasteiger partial charge in [-0.1, -0.05) is 85.2 Å². The van der Waals surface area contributed by atoms with Gasteiger partial charge in [0.15, 0.2) is 12.6 Å². The van der Waals surface area contributed by atoms with Crippen LogP contribution >= 0.6 is 0 Å². The lowest BCUT2D eigenvalue weighted by Crippen LogP contribution is -2.69. The Morgan fingerprint density at radius 2 is 1.47 bits per heavy atom. The van der Waals surface area contributed by atoms with E-state index in [-0.39, 0.29) is 31.1 Å². The molecular formula is C52H92N4O15Si. The fourth-order valence-corrected chi connectivity index (χ4v) is 15.0. The van der Waals surface area contributed by atoms with Crippen LogP contribution in [0.15, 0.2) is 11.6 Å². The maximum absolute atomic E-state index is 13.4. The Kier molecular flexibility index (Phi) is 19.0. The first kappa shape index (κ1) is 57.7. The first-order valence-corrected chi connectivity index (χ1v) is 31.0. The topological polar surface area (TPSA) is 307 Å². The largest absolute Gasteiger partial charge is 0.450 e. The average molecular weight is 1040 g/mol. The minimum Gasteiger partial charge on any atom is -0.450 e. The second kappa shape index (κ2) is 23.7. The molecule has 0 radical (unpaired) electrons. The number of carbonyl (C=O) groups is 2. The van der Waals surface area contributed by atoms with Gasteiger partial charge in [-0.05, 0) is 104 Å². The molecule has 0 spiro atoms. The molecule has 2 saturated heterocycles. The highest BCUT2D eigenvalue weighted by molar-refractivity contribution is 6.76. The van der Waals surface area contributed by atoms with E-state index in [4.69, 9.17) is 39.9 Å². The van der Waals surface area contributed by atoms with Gasteiger partial charge in [0, 0.05) is 33.1 Å². The van der Waals surface area contributed by atoms with Gasteiger partial charge >= 0.3 is 12.2 Å². The first-order chi connectivity index (χ1) is 33.9. The summed E-state index contributed by atoms with van der Waals surface area (Å²) in [5, 5.41) is 81.9. The van der Waals surface area contributed by atoms with Crippen LogP contribution in [-0.2, 0) is 28.4 Å². The molecule has 2 amide bonds. The highest BCUT2D eigenvalue weighted by Gasteiger charge is 2.60. The summed E-state index contributed by atoms with van der Waals surface area (Å²) in [6, 6.07) is -2.68. The summed E-state index contributed by atoms with van der Waals surface area (Å²) in [5.41, 5.74) is 14.7. The summed E-state index contributed by atoms with van der Waals surface area (Å²) < 4.78 is 34.9. The molecule has 6 fully saturated rings. The van der Waals surface area contributed by atoms with E-state index in [2.05, 4.69) is 71.0 Å². The maximum atomic E-state index is 13.4. The van der Waals surface area contributed by atoms with Crippen LogP contribution in [0.2, 0.25) is 25.7 Å². The van der Waals surface area contributed by atoms with Gasteiger partial charge < -0.3 is 86.3 Å². The number of fused-ring (bicyclic) bond motifs is 5. The van der Waals surface area contributed by atoms with Gasteiger partial charge in [-0.2, -0.15) is 0 Å². The predicted molar refractivity (Wildman–Crippen MR) is 269 cm³/mol. The standard InChI is InChI=1S/C52H92N4O15Si/c1-26(2)10-9-11-27(3)31-14-15-32-30-13-12-28-22-29(16-18-51(28,4)33(30)17-19-52(31,32)5)67-49(64)55-24-36-40(59)42(61)43(62)48(68-36)71-46-35(54)23-34(53)45(44(46)63)70-47-41(60)38(39(58)37(25-57)69-47)56-50(65)66-20-21-72(6,7)8/h12,26-27,29-48,57-63H,9-11,13-25,53-54H2,1-8H3,(H,55,64)(H,56,65)/t27-,29+,30+,31-,32+,33+,34-,35+,36-,37-,38+,39-,40-,41-,42+,43-,44-,45+,46-,47-,48-,51+,52-/m1/s1. The van der Waals surface area contributed by atoms with E-state index >= 15 is 0 Å². The van der Waals surface area contributed by atoms with Gasteiger partial charge in [0.2, 0.25) is 0 Å². The maximum Gasteiger partial charge on any atom is 0.407 e. The summed E-state index contributed by atoms with van der Waals surface area (Å²) in [5.74, 6) is 4.35. The lowest BCUT2D eigenvalue weighted by atomic mass is 9.47. The van der Waals surface area contributed by atoms with Gasteiger partial charge in [0.1, 0.15) is 67.1 Å². The third-order valence-corrected chi connectivity index (χ3v) is 20.3. The van der Waals surface area contributed by atoms with Crippen molar-refractivity contribution >= 4 is 20.3 Å². The molecule has 7 aliphatic rings. The van der Waals surface area contributed by atoms with Crippen molar-refractivity contribution in [3.8, 4) is 0 Å². The van der Waals surface area contributed by atoms with Crippen molar-refractivity contribution in [2.75, 3.05) is 19.8 Å². The van der Waals surface area contributed by atoms with Crippen LogP contribution in [0.5, 0.6) is 0 Å². The molecule has 2 aliphatic heterocycles. The Morgan fingerprint density at radius 3 is 2.12 bits per heavy atom. The average Bonchev–Trinajstić information content (AvgIpc) is 3.67. The zero-order valence-electron chi connectivity index (χ0n) is 44.1. The summed E-state index contributed by atoms with van der Waals surface area (Å²) in [4.78, 5) is 26.1. The monoisotopic (exact) mass is 1040 g/mol. The molecule has 2 heterocycles. The zero-order valence-corrected chi connectivity index (χ0v) is 45.1. The number of hydrogen-bond acceptors (Lipinski definition) is 17. The van der Waals surface area contributed by atoms with E-state index in [1.54, 1.807) is 0 Å². The van der Waals surface area contributed by atoms with Crippen LogP contribution in [-0.4, -0.2) is 174 Å². The van der Waals surface area contributed by atoms with E-state index in [9.17, 15) is 45.3 Å². The Morgan fingerprint density at radius 1 is 0.806 bits per heavy atom. The Balaban J connectivity index is 0.916. The van der Waals surface area contributed by atoms with Crippen molar-refractivity contribution in [3.63, 3.8) is 0 Å². The summed E-state index contributed by atoms with van der Waals surface area (Å²) in [6.07, 6.45) is -5.84. The molecule has 7 rings (SSSR count). The molecule has 414 valence electrons. The number of allylic oxidation sites excluding steroid dienone is 1. The number of ether oxygens (including phenoxy) is 6. The Labute approximate surface area is 427 Å². The fraction of sp³-hybridized carbons (Fsp3) is 0.923. The van der Waals surface area contributed by atoms with E-state index in [1.807, 2.05) is 0 Å². The summed E-state index contributed by atoms with van der Waals surface area (Å²) in [7, 11) is -1.54. The third-order valence-electron chi connectivity index (χ3n) is 18.5. The van der Waals surface area contributed by atoms with Crippen LogP contribution in [0.3, 0.4) is 0 Å². The molecule has 20 heteroatoms. The summed E-state index contributed by atoms with van der Waals surface area (Å²) in [6.45, 7) is 17.6. The van der Waals surface area contributed by atoms with Crippen LogP contribution in [0.25, 0.3) is 0 Å². The van der Waals surface area contributed by atoms with E-state index in [1.165, 1.54) is 50.5 Å². The lowest BCUT2D eigenvalue weighted by molar-refractivity contribution is -0.332. The van der Waals surface area contributed by atoms with E-state index < -0.39 is 119 Å². The quantitative estimate of drug-likeness (QED) is 0.0737. The number of rotatable bonds is 17. The molecule has 0 bridgehead atoms. The van der Waals surface area contributed by atoms with Gasteiger partial charge in [-0.3, -0.25) is 0 Å². The zero-order chi connectivity index (χ0) is 52.6. The van der Waals surface area contributed by atoms with Gasteiger partial charge in [-0.15, -0.1) is 0 Å².